The number of rotatable bonds is 4. The van der Waals surface area contributed by atoms with Crippen LogP contribution in [0.1, 0.15) is 26.2 Å². The molecule has 0 aliphatic rings. The summed E-state index contributed by atoms with van der Waals surface area (Å²) < 4.78 is 0. The Labute approximate surface area is 55.4 Å². The van der Waals surface area contributed by atoms with E-state index in [2.05, 4.69) is 0 Å². The lowest BCUT2D eigenvalue weighted by molar-refractivity contribution is -0.118. The molecule has 0 bridgehead atoms. The Kier molecular flexibility index (Phi) is 4.05. The molecule has 0 fully saturated rings. The molecule has 0 heterocycles. The first-order valence-electron chi connectivity index (χ1n) is 3.20. The van der Waals surface area contributed by atoms with Gasteiger partial charge in [0.05, 0.1) is 0 Å². The van der Waals surface area contributed by atoms with E-state index in [0.29, 0.717) is 12.8 Å². The Hall–Kier alpha value is -0.570. The smallest absolute Gasteiger partial charge is 0.217 e. The van der Waals surface area contributed by atoms with Crippen LogP contribution in [0.3, 0.4) is 0 Å². The Morgan fingerprint density at radius 3 is 2.56 bits per heavy atom. The van der Waals surface area contributed by atoms with Crippen molar-refractivity contribution in [2.75, 3.05) is 0 Å². The lowest BCUT2D eigenvalue weighted by atomic mass is 10.1. The average molecular weight is 130 g/mol. The second-order valence-electron chi connectivity index (χ2n) is 2.17. The van der Waals surface area contributed by atoms with Crippen LogP contribution in [-0.2, 0) is 4.79 Å². The van der Waals surface area contributed by atoms with Crippen LogP contribution in [-0.4, -0.2) is 11.9 Å². The molecule has 0 rings (SSSR count). The minimum atomic E-state index is -0.265. The van der Waals surface area contributed by atoms with Gasteiger partial charge in [0.25, 0.3) is 0 Å². The van der Waals surface area contributed by atoms with E-state index in [4.69, 9.17) is 11.5 Å². The first-order valence-corrected chi connectivity index (χ1v) is 3.20. The monoisotopic (exact) mass is 130 g/mol. The van der Waals surface area contributed by atoms with Crippen LogP contribution in [0.4, 0.5) is 0 Å². The second-order valence-corrected chi connectivity index (χ2v) is 2.17. The average Bonchev–Trinajstić information content (AvgIpc) is 1.83. The fraction of sp³-hybridized carbons (Fsp3) is 0.833. The molecule has 0 aliphatic carbocycles. The highest BCUT2D eigenvalue weighted by atomic mass is 16.1. The third-order valence-corrected chi connectivity index (χ3v) is 1.29. The predicted molar refractivity (Wildman–Crippen MR) is 36.7 cm³/mol. The minimum absolute atomic E-state index is 0.137. The lowest BCUT2D eigenvalue weighted by Gasteiger charge is -2.04. The summed E-state index contributed by atoms with van der Waals surface area (Å²) in [4.78, 5) is 10.2. The van der Waals surface area contributed by atoms with Gasteiger partial charge in [-0.25, -0.2) is 0 Å². The van der Waals surface area contributed by atoms with Crippen molar-refractivity contribution >= 4 is 5.91 Å². The summed E-state index contributed by atoms with van der Waals surface area (Å²) in [6, 6.07) is 0.137. The molecule has 3 nitrogen and oxygen atoms in total. The van der Waals surface area contributed by atoms with Crippen molar-refractivity contribution in [1.29, 1.82) is 0 Å². The van der Waals surface area contributed by atoms with Gasteiger partial charge in [-0.05, 0) is 12.8 Å². The van der Waals surface area contributed by atoms with E-state index >= 15 is 0 Å². The molecule has 0 radical (unpaired) electrons. The molecule has 1 atom stereocenters. The third kappa shape index (κ3) is 5.30. The number of hydrogen-bond donors (Lipinski definition) is 2. The molecular formula is C6H14N2O. The van der Waals surface area contributed by atoms with E-state index in [1.54, 1.807) is 0 Å². The van der Waals surface area contributed by atoms with Gasteiger partial charge in [-0.3, -0.25) is 4.79 Å². The van der Waals surface area contributed by atoms with E-state index in [1.165, 1.54) is 0 Å². The molecule has 0 aliphatic heterocycles. The zero-order valence-corrected chi connectivity index (χ0v) is 5.76. The Bertz CT molecular complexity index is 93.1. The van der Waals surface area contributed by atoms with Crippen LogP contribution in [0.25, 0.3) is 0 Å². The standard InChI is InChI=1S/C6H14N2O/c1-2-5(7)3-4-6(8)9/h5H,2-4,7H2,1H3,(H2,8,9)/t5-/m0/s1. The van der Waals surface area contributed by atoms with Crippen molar-refractivity contribution in [1.82, 2.24) is 0 Å². The van der Waals surface area contributed by atoms with E-state index in [9.17, 15) is 4.79 Å². The zero-order valence-electron chi connectivity index (χ0n) is 5.76. The topological polar surface area (TPSA) is 69.1 Å². The number of primary amides is 1. The molecular weight excluding hydrogens is 116 g/mol. The molecule has 1 amide bonds. The van der Waals surface area contributed by atoms with Gasteiger partial charge in [0.15, 0.2) is 0 Å². The first kappa shape index (κ1) is 8.43. The summed E-state index contributed by atoms with van der Waals surface area (Å²) in [5.74, 6) is -0.265. The van der Waals surface area contributed by atoms with Crippen LogP contribution < -0.4 is 11.5 Å². The molecule has 0 unspecified atom stereocenters. The van der Waals surface area contributed by atoms with Gasteiger partial charge in [-0.2, -0.15) is 0 Å². The molecule has 0 aromatic rings. The van der Waals surface area contributed by atoms with Gasteiger partial charge >= 0.3 is 0 Å². The van der Waals surface area contributed by atoms with Gasteiger partial charge < -0.3 is 11.5 Å². The van der Waals surface area contributed by atoms with Crippen molar-refractivity contribution in [3.05, 3.63) is 0 Å². The molecule has 0 aromatic carbocycles. The number of amides is 1. The molecule has 0 saturated carbocycles. The first-order chi connectivity index (χ1) is 4.16. The van der Waals surface area contributed by atoms with Gasteiger partial charge in [0, 0.05) is 12.5 Å². The SMILES string of the molecule is CC[C@H](N)CCC(N)=O. The fourth-order valence-corrected chi connectivity index (χ4v) is 0.532. The van der Waals surface area contributed by atoms with Crippen LogP contribution in [0.2, 0.25) is 0 Å². The maximum absolute atomic E-state index is 10.2. The van der Waals surface area contributed by atoms with Gasteiger partial charge in [0.1, 0.15) is 0 Å². The second kappa shape index (κ2) is 4.32. The third-order valence-electron chi connectivity index (χ3n) is 1.29. The highest BCUT2D eigenvalue weighted by Gasteiger charge is 2.00. The summed E-state index contributed by atoms with van der Waals surface area (Å²) in [7, 11) is 0. The molecule has 0 aromatic heterocycles. The van der Waals surface area contributed by atoms with Crippen molar-refractivity contribution in [3.63, 3.8) is 0 Å². The zero-order chi connectivity index (χ0) is 7.28. The Morgan fingerprint density at radius 1 is 1.67 bits per heavy atom. The minimum Gasteiger partial charge on any atom is -0.370 e. The van der Waals surface area contributed by atoms with Crippen molar-refractivity contribution in [2.24, 2.45) is 11.5 Å². The van der Waals surface area contributed by atoms with Gasteiger partial charge in [-0.1, -0.05) is 6.92 Å². The number of carbonyl (C=O) groups excluding carboxylic acids is 1. The number of carbonyl (C=O) groups is 1. The summed E-state index contributed by atoms with van der Waals surface area (Å²) in [6.45, 7) is 1.99. The summed E-state index contributed by atoms with van der Waals surface area (Å²) in [5, 5.41) is 0. The Morgan fingerprint density at radius 2 is 2.22 bits per heavy atom. The lowest BCUT2D eigenvalue weighted by Crippen LogP contribution is -2.21. The summed E-state index contributed by atoms with van der Waals surface area (Å²) in [5.41, 5.74) is 10.4. The van der Waals surface area contributed by atoms with Gasteiger partial charge in [0.2, 0.25) is 5.91 Å². The van der Waals surface area contributed by atoms with Gasteiger partial charge in [-0.15, -0.1) is 0 Å². The Balaban J connectivity index is 3.16. The van der Waals surface area contributed by atoms with Crippen molar-refractivity contribution in [3.8, 4) is 0 Å². The maximum Gasteiger partial charge on any atom is 0.217 e. The highest BCUT2D eigenvalue weighted by molar-refractivity contribution is 5.73. The van der Waals surface area contributed by atoms with Crippen LogP contribution in [0, 0.1) is 0 Å². The molecule has 0 spiro atoms. The highest BCUT2D eigenvalue weighted by Crippen LogP contribution is 1.96. The molecule has 3 heteroatoms. The van der Waals surface area contributed by atoms with Crippen LogP contribution in [0.5, 0.6) is 0 Å². The van der Waals surface area contributed by atoms with E-state index in [0.717, 1.165) is 6.42 Å². The predicted octanol–water partition coefficient (Wildman–Crippen LogP) is -0.0108. The molecule has 4 N–H and O–H groups in total. The molecule has 54 valence electrons. The summed E-state index contributed by atoms with van der Waals surface area (Å²) in [6.07, 6.45) is 2.04. The van der Waals surface area contributed by atoms with E-state index in [1.807, 2.05) is 6.92 Å². The van der Waals surface area contributed by atoms with E-state index < -0.39 is 0 Å². The van der Waals surface area contributed by atoms with Crippen molar-refractivity contribution < 1.29 is 4.79 Å². The largest absolute Gasteiger partial charge is 0.370 e. The van der Waals surface area contributed by atoms with Crippen LogP contribution in [0.15, 0.2) is 0 Å². The molecule has 9 heavy (non-hydrogen) atoms. The maximum atomic E-state index is 10.2. The normalized spacial score (nSPS) is 13.1. The van der Waals surface area contributed by atoms with E-state index in [-0.39, 0.29) is 11.9 Å². The van der Waals surface area contributed by atoms with Crippen LogP contribution >= 0.6 is 0 Å². The quantitative estimate of drug-likeness (QED) is 0.562. The van der Waals surface area contributed by atoms with Crippen molar-refractivity contribution in [2.45, 2.75) is 32.2 Å². The number of nitrogens with two attached hydrogens (primary N) is 2. The summed E-state index contributed by atoms with van der Waals surface area (Å²) >= 11 is 0. The fourth-order valence-electron chi connectivity index (χ4n) is 0.532. The number of hydrogen-bond acceptors (Lipinski definition) is 2. The molecule has 0 saturated heterocycles.